The first-order valence-electron chi connectivity index (χ1n) is 7.10. The predicted octanol–water partition coefficient (Wildman–Crippen LogP) is 1.90. The van der Waals surface area contributed by atoms with E-state index in [0.29, 0.717) is 32.3 Å². The summed E-state index contributed by atoms with van der Waals surface area (Å²) in [4.78, 5) is 8.44. The third kappa shape index (κ3) is 5.71. The lowest BCUT2D eigenvalue weighted by atomic mass is 10.2. The minimum Gasteiger partial charge on any atom is -0.477 e. The molecule has 0 saturated carbocycles. The number of aromatic nitrogens is 2. The van der Waals surface area contributed by atoms with Crippen molar-refractivity contribution in [1.82, 2.24) is 9.97 Å². The van der Waals surface area contributed by atoms with Gasteiger partial charge in [0.2, 0.25) is 5.88 Å². The van der Waals surface area contributed by atoms with Gasteiger partial charge in [-0.25, -0.2) is 9.97 Å². The maximum atomic E-state index is 5.72. The largest absolute Gasteiger partial charge is 0.477 e. The van der Waals surface area contributed by atoms with Gasteiger partial charge in [0.1, 0.15) is 12.1 Å². The highest BCUT2D eigenvalue weighted by molar-refractivity contribution is 5.48. The van der Waals surface area contributed by atoms with Gasteiger partial charge in [-0.3, -0.25) is 0 Å². The van der Waals surface area contributed by atoms with Gasteiger partial charge >= 0.3 is 0 Å². The molecule has 0 saturated heterocycles. The molecule has 0 spiro atoms. The molecule has 6 heteroatoms. The Balaban J connectivity index is 2.37. The summed E-state index contributed by atoms with van der Waals surface area (Å²) in [5.74, 6) is 1.52. The van der Waals surface area contributed by atoms with Crippen molar-refractivity contribution in [3.8, 4) is 5.88 Å². The van der Waals surface area contributed by atoms with Crippen LogP contribution >= 0.6 is 0 Å². The van der Waals surface area contributed by atoms with Gasteiger partial charge in [0, 0.05) is 26.7 Å². The first kappa shape index (κ1) is 16.7. The van der Waals surface area contributed by atoms with Crippen molar-refractivity contribution >= 4 is 5.82 Å². The molecule has 0 bridgehead atoms. The van der Waals surface area contributed by atoms with E-state index in [0.717, 1.165) is 30.8 Å². The second kappa shape index (κ2) is 10.4. The highest BCUT2D eigenvalue weighted by Gasteiger charge is 2.10. The molecule has 0 aliphatic carbocycles. The van der Waals surface area contributed by atoms with Crippen LogP contribution in [0.2, 0.25) is 0 Å². The molecule has 0 unspecified atom stereocenters. The Bertz CT molecular complexity index is 375. The SMILES string of the molecule is CCNc1ncnc(OCCCOCCOC)c1CC. The van der Waals surface area contributed by atoms with Crippen molar-refractivity contribution in [3.63, 3.8) is 0 Å². The number of ether oxygens (including phenoxy) is 3. The van der Waals surface area contributed by atoms with Crippen LogP contribution in [0.25, 0.3) is 0 Å². The molecule has 114 valence electrons. The molecular weight excluding hydrogens is 258 g/mol. The number of hydrogen-bond donors (Lipinski definition) is 1. The lowest BCUT2D eigenvalue weighted by Gasteiger charge is -2.13. The van der Waals surface area contributed by atoms with E-state index in [9.17, 15) is 0 Å². The van der Waals surface area contributed by atoms with Crippen molar-refractivity contribution in [1.29, 1.82) is 0 Å². The molecule has 20 heavy (non-hydrogen) atoms. The van der Waals surface area contributed by atoms with Crippen LogP contribution in [0.5, 0.6) is 5.88 Å². The fraction of sp³-hybridized carbons (Fsp3) is 0.714. The number of anilines is 1. The van der Waals surface area contributed by atoms with Crippen LogP contribution in [0.3, 0.4) is 0 Å². The Morgan fingerprint density at radius 3 is 2.65 bits per heavy atom. The summed E-state index contributed by atoms with van der Waals surface area (Å²) < 4.78 is 16.0. The summed E-state index contributed by atoms with van der Waals surface area (Å²) in [5.41, 5.74) is 1.02. The summed E-state index contributed by atoms with van der Waals surface area (Å²) in [6.45, 7) is 7.43. The van der Waals surface area contributed by atoms with Crippen molar-refractivity contribution in [2.45, 2.75) is 26.7 Å². The van der Waals surface area contributed by atoms with Gasteiger partial charge in [0.05, 0.1) is 25.4 Å². The zero-order chi connectivity index (χ0) is 14.6. The van der Waals surface area contributed by atoms with Crippen molar-refractivity contribution in [2.75, 3.05) is 45.4 Å². The molecule has 0 aliphatic heterocycles. The number of rotatable bonds is 11. The minimum absolute atomic E-state index is 0.586. The molecule has 1 rings (SSSR count). The number of hydrogen-bond acceptors (Lipinski definition) is 6. The smallest absolute Gasteiger partial charge is 0.221 e. The first-order chi connectivity index (χ1) is 9.83. The van der Waals surface area contributed by atoms with Crippen molar-refractivity contribution in [3.05, 3.63) is 11.9 Å². The highest BCUT2D eigenvalue weighted by atomic mass is 16.5. The molecule has 1 aromatic rings. The Hall–Kier alpha value is -1.40. The Morgan fingerprint density at radius 2 is 1.95 bits per heavy atom. The molecule has 1 aromatic heterocycles. The summed E-state index contributed by atoms with van der Waals surface area (Å²) >= 11 is 0. The molecule has 0 atom stereocenters. The molecule has 0 fully saturated rings. The van der Waals surface area contributed by atoms with Crippen LogP contribution in [0.4, 0.5) is 5.82 Å². The molecule has 1 heterocycles. The van der Waals surface area contributed by atoms with Crippen LogP contribution in [0, 0.1) is 0 Å². The molecular formula is C14H25N3O3. The average molecular weight is 283 g/mol. The normalized spacial score (nSPS) is 10.6. The van der Waals surface area contributed by atoms with E-state index in [1.165, 1.54) is 6.33 Å². The molecule has 0 aromatic carbocycles. The summed E-state index contributed by atoms with van der Waals surface area (Å²) in [6.07, 6.45) is 3.19. The highest BCUT2D eigenvalue weighted by Crippen LogP contribution is 2.22. The third-order valence-corrected chi connectivity index (χ3v) is 2.71. The molecule has 1 N–H and O–H groups in total. The zero-order valence-corrected chi connectivity index (χ0v) is 12.6. The molecule has 6 nitrogen and oxygen atoms in total. The van der Waals surface area contributed by atoms with Crippen LogP contribution in [-0.4, -0.2) is 50.1 Å². The standard InChI is InChI=1S/C14H25N3O3/c1-4-12-13(15-5-2)16-11-17-14(12)20-8-6-7-19-10-9-18-3/h11H,4-10H2,1-3H3,(H,15,16,17). The molecule has 0 radical (unpaired) electrons. The number of methoxy groups -OCH3 is 1. The Kier molecular flexibility index (Phi) is 8.66. The summed E-state index contributed by atoms with van der Waals surface area (Å²) in [5, 5.41) is 3.22. The van der Waals surface area contributed by atoms with Gasteiger partial charge < -0.3 is 19.5 Å². The van der Waals surface area contributed by atoms with Gasteiger partial charge in [0.15, 0.2) is 0 Å². The fourth-order valence-electron chi connectivity index (χ4n) is 1.73. The average Bonchev–Trinajstić information content (AvgIpc) is 2.47. The third-order valence-electron chi connectivity index (χ3n) is 2.71. The maximum absolute atomic E-state index is 5.72. The minimum atomic E-state index is 0.586. The van der Waals surface area contributed by atoms with Crippen LogP contribution in [0.15, 0.2) is 6.33 Å². The number of nitrogens with one attached hydrogen (secondary N) is 1. The van der Waals surface area contributed by atoms with Crippen LogP contribution in [0.1, 0.15) is 25.8 Å². The van der Waals surface area contributed by atoms with Gasteiger partial charge in [-0.05, 0) is 13.3 Å². The van der Waals surface area contributed by atoms with Crippen molar-refractivity contribution < 1.29 is 14.2 Å². The first-order valence-corrected chi connectivity index (χ1v) is 7.10. The topological polar surface area (TPSA) is 65.5 Å². The van der Waals surface area contributed by atoms with Crippen molar-refractivity contribution in [2.24, 2.45) is 0 Å². The van der Waals surface area contributed by atoms with Crippen LogP contribution in [-0.2, 0) is 15.9 Å². The number of nitrogens with zero attached hydrogens (tertiary/aromatic N) is 2. The second-order valence-electron chi connectivity index (χ2n) is 4.20. The van der Waals surface area contributed by atoms with E-state index in [4.69, 9.17) is 14.2 Å². The summed E-state index contributed by atoms with van der Waals surface area (Å²) in [7, 11) is 1.66. The van der Waals surface area contributed by atoms with Gasteiger partial charge in [0.25, 0.3) is 0 Å². The van der Waals surface area contributed by atoms with E-state index in [-0.39, 0.29) is 0 Å². The van der Waals surface area contributed by atoms with E-state index in [2.05, 4.69) is 22.2 Å². The quantitative estimate of drug-likeness (QED) is 0.626. The van der Waals surface area contributed by atoms with Crippen LogP contribution < -0.4 is 10.1 Å². The fourth-order valence-corrected chi connectivity index (χ4v) is 1.73. The van der Waals surface area contributed by atoms with E-state index in [1.807, 2.05) is 6.92 Å². The Morgan fingerprint density at radius 1 is 1.10 bits per heavy atom. The van der Waals surface area contributed by atoms with Gasteiger partial charge in [-0.15, -0.1) is 0 Å². The summed E-state index contributed by atoms with van der Waals surface area (Å²) in [6, 6.07) is 0. The van der Waals surface area contributed by atoms with Gasteiger partial charge in [-0.2, -0.15) is 0 Å². The Labute approximate surface area is 120 Å². The predicted molar refractivity (Wildman–Crippen MR) is 78.4 cm³/mol. The second-order valence-corrected chi connectivity index (χ2v) is 4.20. The van der Waals surface area contributed by atoms with Gasteiger partial charge in [-0.1, -0.05) is 6.92 Å². The van der Waals surface area contributed by atoms with E-state index >= 15 is 0 Å². The monoisotopic (exact) mass is 283 g/mol. The zero-order valence-electron chi connectivity index (χ0n) is 12.6. The van der Waals surface area contributed by atoms with E-state index < -0.39 is 0 Å². The molecule has 0 amide bonds. The maximum Gasteiger partial charge on any atom is 0.221 e. The molecule has 0 aliphatic rings. The lowest BCUT2D eigenvalue weighted by molar-refractivity contribution is 0.0641. The lowest BCUT2D eigenvalue weighted by Crippen LogP contribution is -2.10. The van der Waals surface area contributed by atoms with E-state index in [1.54, 1.807) is 7.11 Å².